The lowest BCUT2D eigenvalue weighted by atomic mass is 9.94. The zero-order chi connectivity index (χ0) is 15.8. The predicted molar refractivity (Wildman–Crippen MR) is 75.3 cm³/mol. The first-order chi connectivity index (χ1) is 9.63. The van der Waals surface area contributed by atoms with E-state index in [1.165, 1.54) is 0 Å². The molecule has 0 aliphatic carbocycles. The van der Waals surface area contributed by atoms with Crippen LogP contribution >= 0.6 is 10.7 Å². The predicted octanol–water partition coefficient (Wildman–Crippen LogP) is 2.05. The summed E-state index contributed by atoms with van der Waals surface area (Å²) in [5.74, 6) is -1.56. The van der Waals surface area contributed by atoms with Crippen molar-refractivity contribution >= 4 is 25.6 Å². The molecule has 1 aliphatic rings. The fourth-order valence-corrected chi connectivity index (χ4v) is 2.92. The number of nitrogens with one attached hydrogen (secondary N) is 1. The number of amides is 1. The number of rotatable bonds is 3. The van der Waals surface area contributed by atoms with Gasteiger partial charge in [0.15, 0.2) is 0 Å². The molecule has 0 bridgehead atoms. The van der Waals surface area contributed by atoms with Crippen LogP contribution in [0.5, 0.6) is 0 Å². The lowest BCUT2D eigenvalue weighted by Gasteiger charge is -2.29. The van der Waals surface area contributed by atoms with Gasteiger partial charge in [0.05, 0.1) is 22.1 Å². The minimum absolute atomic E-state index is 0.188. The highest BCUT2D eigenvalue weighted by atomic mass is 35.7. The molecule has 1 aromatic rings. The molecule has 8 heteroatoms. The van der Waals surface area contributed by atoms with Crippen LogP contribution in [0.1, 0.15) is 30.6 Å². The van der Waals surface area contributed by atoms with E-state index in [9.17, 15) is 17.6 Å². The molecule has 1 amide bonds. The highest BCUT2D eigenvalue weighted by Gasteiger charge is 2.38. The summed E-state index contributed by atoms with van der Waals surface area (Å²) in [5, 5.41) is 2.73. The fraction of sp³-hybridized carbons (Fsp3) is 0.462. The number of carbonyl (C=O) groups is 1. The van der Waals surface area contributed by atoms with Gasteiger partial charge in [-0.3, -0.25) is 4.79 Å². The zero-order valence-corrected chi connectivity index (χ0v) is 13.1. The van der Waals surface area contributed by atoms with Crippen LogP contribution in [0.15, 0.2) is 23.1 Å². The quantitative estimate of drug-likeness (QED) is 0.858. The highest BCUT2D eigenvalue weighted by molar-refractivity contribution is 8.13. The average molecular weight is 336 g/mol. The second-order valence-electron chi connectivity index (χ2n) is 5.21. The molecule has 0 saturated carbocycles. The number of halogens is 2. The Balaban J connectivity index is 2.24. The van der Waals surface area contributed by atoms with Crippen molar-refractivity contribution in [3.8, 4) is 0 Å². The van der Waals surface area contributed by atoms with Crippen LogP contribution in [0, 0.1) is 5.82 Å². The molecule has 21 heavy (non-hydrogen) atoms. The van der Waals surface area contributed by atoms with Crippen LogP contribution in [0.25, 0.3) is 0 Å². The van der Waals surface area contributed by atoms with Gasteiger partial charge in [0.2, 0.25) is 0 Å². The largest absolute Gasteiger partial charge is 0.376 e. The Labute approximate surface area is 126 Å². The van der Waals surface area contributed by atoms with E-state index >= 15 is 0 Å². The summed E-state index contributed by atoms with van der Waals surface area (Å²) in [4.78, 5) is 11.8. The number of ether oxygens (including phenoxy) is 1. The zero-order valence-electron chi connectivity index (χ0n) is 11.5. The van der Waals surface area contributed by atoms with Gasteiger partial charge in [-0.15, -0.1) is 0 Å². The summed E-state index contributed by atoms with van der Waals surface area (Å²) in [6.07, 6.45) is 0.433. The Morgan fingerprint density at radius 2 is 2.19 bits per heavy atom. The third kappa shape index (κ3) is 3.36. The smallest absolute Gasteiger partial charge is 0.261 e. The first-order valence-electron chi connectivity index (χ1n) is 6.32. The summed E-state index contributed by atoms with van der Waals surface area (Å²) in [5.41, 5.74) is -0.819. The van der Waals surface area contributed by atoms with E-state index in [4.69, 9.17) is 15.4 Å². The Hall–Kier alpha value is -1.18. The number of benzene rings is 1. The van der Waals surface area contributed by atoms with Crippen molar-refractivity contribution in [2.75, 3.05) is 6.61 Å². The van der Waals surface area contributed by atoms with Gasteiger partial charge >= 0.3 is 0 Å². The van der Waals surface area contributed by atoms with Crippen molar-refractivity contribution < 1.29 is 22.3 Å². The van der Waals surface area contributed by atoms with Gasteiger partial charge in [0.1, 0.15) is 5.82 Å². The van der Waals surface area contributed by atoms with Crippen molar-refractivity contribution in [2.24, 2.45) is 0 Å². The van der Waals surface area contributed by atoms with E-state index in [0.717, 1.165) is 18.2 Å². The standard InChI is InChI=1S/C13H15ClFNO4S/c1-8-13(2,5-6-20-8)16-12(17)10-4-3-9(7-11(10)15)21(14,18)19/h3-4,7-8H,5-6H2,1-2H3,(H,16,17). The molecule has 116 valence electrons. The van der Waals surface area contributed by atoms with Gasteiger partial charge in [0, 0.05) is 17.3 Å². The van der Waals surface area contributed by atoms with Crippen LogP contribution in [-0.2, 0) is 13.8 Å². The third-order valence-corrected chi connectivity index (χ3v) is 5.10. The molecule has 1 aliphatic heterocycles. The normalized spacial score (nSPS) is 25.8. The molecule has 1 N–H and O–H groups in total. The summed E-state index contributed by atoms with van der Waals surface area (Å²) in [6, 6.07) is 2.93. The minimum Gasteiger partial charge on any atom is -0.376 e. The van der Waals surface area contributed by atoms with E-state index < -0.39 is 26.3 Å². The molecule has 0 aromatic heterocycles. The highest BCUT2D eigenvalue weighted by Crippen LogP contribution is 2.26. The summed E-state index contributed by atoms with van der Waals surface area (Å²) < 4.78 is 41.5. The Bertz CT molecular complexity index is 679. The molecule has 1 fully saturated rings. The first-order valence-corrected chi connectivity index (χ1v) is 8.63. The molecule has 2 atom stereocenters. The van der Waals surface area contributed by atoms with Gasteiger partial charge in [-0.1, -0.05) is 0 Å². The van der Waals surface area contributed by atoms with E-state index in [1.807, 2.05) is 13.8 Å². The molecule has 1 heterocycles. The monoisotopic (exact) mass is 335 g/mol. The summed E-state index contributed by atoms with van der Waals surface area (Å²) >= 11 is 0. The number of carbonyl (C=O) groups excluding carboxylic acids is 1. The Morgan fingerprint density at radius 1 is 1.52 bits per heavy atom. The average Bonchev–Trinajstić information content (AvgIpc) is 2.67. The molecule has 1 aromatic carbocycles. The lowest BCUT2D eigenvalue weighted by molar-refractivity contribution is 0.0724. The molecule has 0 radical (unpaired) electrons. The van der Waals surface area contributed by atoms with Gasteiger partial charge in [0.25, 0.3) is 15.0 Å². The summed E-state index contributed by atoms with van der Waals surface area (Å²) in [7, 11) is 1.10. The maximum Gasteiger partial charge on any atom is 0.261 e. The molecular formula is C13H15ClFNO4S. The second-order valence-corrected chi connectivity index (χ2v) is 7.78. The van der Waals surface area contributed by atoms with Gasteiger partial charge in [-0.2, -0.15) is 0 Å². The SMILES string of the molecule is CC1OCCC1(C)NC(=O)c1ccc(S(=O)(=O)Cl)cc1F. The van der Waals surface area contributed by atoms with Crippen molar-refractivity contribution in [2.45, 2.75) is 36.8 Å². The minimum atomic E-state index is -4.03. The van der Waals surface area contributed by atoms with Crippen molar-refractivity contribution in [3.05, 3.63) is 29.6 Å². The lowest BCUT2D eigenvalue weighted by Crippen LogP contribution is -2.50. The van der Waals surface area contributed by atoms with Crippen LogP contribution in [0.3, 0.4) is 0 Å². The maximum absolute atomic E-state index is 13.9. The molecule has 1 saturated heterocycles. The molecule has 2 rings (SSSR count). The van der Waals surface area contributed by atoms with E-state index in [2.05, 4.69) is 5.32 Å². The topological polar surface area (TPSA) is 72.5 Å². The van der Waals surface area contributed by atoms with Crippen LogP contribution < -0.4 is 5.32 Å². The fourth-order valence-electron chi connectivity index (χ4n) is 2.16. The van der Waals surface area contributed by atoms with Crippen LogP contribution in [-0.4, -0.2) is 32.6 Å². The van der Waals surface area contributed by atoms with Crippen molar-refractivity contribution in [3.63, 3.8) is 0 Å². The van der Waals surface area contributed by atoms with Gasteiger partial charge in [-0.05, 0) is 38.5 Å². The Kier molecular flexibility index (Phi) is 4.28. The third-order valence-electron chi connectivity index (χ3n) is 3.75. The number of hydrogen-bond acceptors (Lipinski definition) is 4. The van der Waals surface area contributed by atoms with Crippen LogP contribution in [0.2, 0.25) is 0 Å². The van der Waals surface area contributed by atoms with Crippen molar-refractivity contribution in [1.29, 1.82) is 0 Å². The number of hydrogen-bond donors (Lipinski definition) is 1. The maximum atomic E-state index is 13.9. The van der Waals surface area contributed by atoms with Crippen LogP contribution in [0.4, 0.5) is 4.39 Å². The van der Waals surface area contributed by atoms with E-state index in [0.29, 0.717) is 13.0 Å². The summed E-state index contributed by atoms with van der Waals surface area (Å²) in [6.45, 7) is 4.16. The van der Waals surface area contributed by atoms with Crippen molar-refractivity contribution in [1.82, 2.24) is 5.32 Å². The van der Waals surface area contributed by atoms with Gasteiger partial charge < -0.3 is 10.1 Å². The molecule has 0 spiro atoms. The van der Waals surface area contributed by atoms with E-state index in [-0.39, 0.29) is 16.6 Å². The first kappa shape index (κ1) is 16.2. The van der Waals surface area contributed by atoms with Gasteiger partial charge in [-0.25, -0.2) is 12.8 Å². The Morgan fingerprint density at radius 3 is 2.67 bits per heavy atom. The second kappa shape index (κ2) is 5.55. The molecular weight excluding hydrogens is 321 g/mol. The molecule has 5 nitrogen and oxygen atoms in total. The van der Waals surface area contributed by atoms with E-state index in [1.54, 1.807) is 0 Å². The molecule has 2 unspecified atom stereocenters.